The van der Waals surface area contributed by atoms with Gasteiger partial charge in [-0.05, 0) is 37.3 Å². The summed E-state index contributed by atoms with van der Waals surface area (Å²) in [6.07, 6.45) is 1.77. The summed E-state index contributed by atoms with van der Waals surface area (Å²) in [5.41, 5.74) is 5.95. The number of aryl methyl sites for hydroxylation is 2. The van der Waals surface area contributed by atoms with Crippen molar-refractivity contribution in [1.29, 1.82) is 0 Å². The summed E-state index contributed by atoms with van der Waals surface area (Å²) in [5.74, 6) is -0.199. The highest BCUT2D eigenvalue weighted by atomic mass is 32.2. The standard InChI is InChI=1S/C19H23N5O5S/c1-4-24-15-8-7-13(30(27,28)23(2)3)12-14(15)20-17(24)9-10-18(25)21-22-19(26)16-6-5-11-29-16/h5-8,11-12H,4,9-10H2,1-3H3,(H,21,25)(H,22,26). The average molecular weight is 433 g/mol. The van der Waals surface area contributed by atoms with E-state index < -0.39 is 15.9 Å². The summed E-state index contributed by atoms with van der Waals surface area (Å²) in [6.45, 7) is 2.56. The molecule has 0 unspecified atom stereocenters. The Hall–Kier alpha value is -3.18. The summed E-state index contributed by atoms with van der Waals surface area (Å²) in [7, 11) is -0.624. The van der Waals surface area contributed by atoms with Crippen molar-refractivity contribution >= 4 is 32.9 Å². The highest BCUT2D eigenvalue weighted by molar-refractivity contribution is 7.89. The van der Waals surface area contributed by atoms with Crippen molar-refractivity contribution in [3.05, 3.63) is 48.2 Å². The van der Waals surface area contributed by atoms with Gasteiger partial charge in [0.15, 0.2) is 5.76 Å². The van der Waals surface area contributed by atoms with Gasteiger partial charge in [-0.2, -0.15) is 0 Å². The molecule has 0 radical (unpaired) electrons. The molecular weight excluding hydrogens is 410 g/mol. The van der Waals surface area contributed by atoms with Crippen molar-refractivity contribution in [1.82, 2.24) is 24.7 Å². The maximum absolute atomic E-state index is 12.4. The molecule has 10 nitrogen and oxygen atoms in total. The zero-order valence-electron chi connectivity index (χ0n) is 16.9. The number of sulfonamides is 1. The minimum Gasteiger partial charge on any atom is -0.459 e. The number of amides is 2. The predicted molar refractivity (Wildman–Crippen MR) is 109 cm³/mol. The normalized spacial score (nSPS) is 11.7. The van der Waals surface area contributed by atoms with Gasteiger partial charge in [0.05, 0.1) is 22.2 Å². The van der Waals surface area contributed by atoms with Crippen LogP contribution in [-0.2, 0) is 27.8 Å². The van der Waals surface area contributed by atoms with Gasteiger partial charge in [-0.25, -0.2) is 17.7 Å². The highest BCUT2D eigenvalue weighted by Crippen LogP contribution is 2.22. The van der Waals surface area contributed by atoms with Crippen molar-refractivity contribution in [2.24, 2.45) is 0 Å². The van der Waals surface area contributed by atoms with E-state index in [2.05, 4.69) is 15.8 Å². The van der Waals surface area contributed by atoms with Gasteiger partial charge in [-0.15, -0.1) is 0 Å². The first-order chi connectivity index (χ1) is 14.2. The molecule has 2 aromatic heterocycles. The van der Waals surface area contributed by atoms with Crippen LogP contribution in [-0.4, -0.2) is 48.2 Å². The van der Waals surface area contributed by atoms with Crippen LogP contribution in [0.5, 0.6) is 0 Å². The lowest BCUT2D eigenvalue weighted by molar-refractivity contribution is -0.121. The fourth-order valence-corrected chi connectivity index (χ4v) is 3.88. The molecular formula is C19H23N5O5S. The van der Waals surface area contributed by atoms with E-state index in [4.69, 9.17) is 4.42 Å². The van der Waals surface area contributed by atoms with Crippen LogP contribution < -0.4 is 10.9 Å². The van der Waals surface area contributed by atoms with Gasteiger partial charge in [0.25, 0.3) is 0 Å². The number of rotatable bonds is 7. The van der Waals surface area contributed by atoms with E-state index in [0.29, 0.717) is 24.3 Å². The molecule has 0 spiro atoms. The molecule has 3 aromatic rings. The number of nitrogens with one attached hydrogen (secondary N) is 2. The first-order valence-electron chi connectivity index (χ1n) is 9.28. The number of carbonyl (C=O) groups excluding carboxylic acids is 2. The summed E-state index contributed by atoms with van der Waals surface area (Å²) in [6, 6.07) is 7.85. The van der Waals surface area contributed by atoms with Crippen molar-refractivity contribution < 1.29 is 22.4 Å². The van der Waals surface area contributed by atoms with Gasteiger partial charge in [-0.1, -0.05) is 0 Å². The Morgan fingerprint density at radius 1 is 1.20 bits per heavy atom. The van der Waals surface area contributed by atoms with Crippen molar-refractivity contribution in [3.63, 3.8) is 0 Å². The van der Waals surface area contributed by atoms with Crippen LogP contribution in [0.3, 0.4) is 0 Å². The fraction of sp³-hybridized carbons (Fsp3) is 0.316. The van der Waals surface area contributed by atoms with Crippen LogP contribution in [0.2, 0.25) is 0 Å². The van der Waals surface area contributed by atoms with E-state index in [9.17, 15) is 18.0 Å². The first kappa shape index (κ1) is 21.5. The molecule has 3 rings (SSSR count). The van der Waals surface area contributed by atoms with Crippen molar-refractivity contribution in [3.8, 4) is 0 Å². The lowest BCUT2D eigenvalue weighted by atomic mass is 10.3. The SMILES string of the molecule is CCn1c(CCC(=O)NNC(=O)c2ccco2)nc2cc(S(=O)(=O)N(C)C)ccc21. The largest absolute Gasteiger partial charge is 0.459 e. The fourth-order valence-electron chi connectivity index (χ4n) is 2.96. The van der Waals surface area contributed by atoms with Crippen molar-refractivity contribution in [2.45, 2.75) is 31.2 Å². The third kappa shape index (κ3) is 4.36. The summed E-state index contributed by atoms with van der Waals surface area (Å²) in [4.78, 5) is 28.5. The number of hydrogen-bond acceptors (Lipinski definition) is 6. The molecule has 0 saturated carbocycles. The number of hydrazine groups is 1. The quantitative estimate of drug-likeness (QED) is 0.541. The molecule has 1 aromatic carbocycles. The van der Waals surface area contributed by atoms with Crippen LogP contribution in [0.4, 0.5) is 0 Å². The molecule has 2 heterocycles. The second-order valence-electron chi connectivity index (χ2n) is 6.69. The predicted octanol–water partition coefficient (Wildman–Crippen LogP) is 1.29. The molecule has 0 atom stereocenters. The molecule has 0 saturated heterocycles. The molecule has 2 N–H and O–H groups in total. The number of nitrogens with zero attached hydrogens (tertiary/aromatic N) is 3. The Kier molecular flexibility index (Phi) is 6.22. The molecule has 0 aliphatic rings. The monoisotopic (exact) mass is 433 g/mol. The third-order valence-electron chi connectivity index (χ3n) is 4.53. The Balaban J connectivity index is 1.71. The van der Waals surface area contributed by atoms with Gasteiger partial charge in [0, 0.05) is 33.5 Å². The number of aromatic nitrogens is 2. The molecule has 30 heavy (non-hydrogen) atoms. The van der Waals surface area contributed by atoms with Crippen LogP contribution in [0.1, 0.15) is 29.7 Å². The van der Waals surface area contributed by atoms with E-state index in [1.54, 1.807) is 18.2 Å². The molecule has 2 amide bonds. The van der Waals surface area contributed by atoms with Crippen LogP contribution in [0.15, 0.2) is 45.9 Å². The number of hydrogen-bond donors (Lipinski definition) is 2. The number of imidazole rings is 1. The molecule has 11 heteroatoms. The second kappa shape index (κ2) is 8.67. The Morgan fingerprint density at radius 2 is 1.97 bits per heavy atom. The topological polar surface area (TPSA) is 127 Å². The van der Waals surface area contributed by atoms with Gasteiger partial charge in [0.1, 0.15) is 5.82 Å². The molecule has 0 bridgehead atoms. The highest BCUT2D eigenvalue weighted by Gasteiger charge is 2.20. The van der Waals surface area contributed by atoms with Gasteiger partial charge in [0.2, 0.25) is 15.9 Å². The number of fused-ring (bicyclic) bond motifs is 1. The average Bonchev–Trinajstić information content (AvgIpc) is 3.37. The smallest absolute Gasteiger partial charge is 0.305 e. The van der Waals surface area contributed by atoms with Gasteiger partial charge < -0.3 is 8.98 Å². The van der Waals surface area contributed by atoms with Crippen LogP contribution >= 0.6 is 0 Å². The third-order valence-corrected chi connectivity index (χ3v) is 6.34. The minimum atomic E-state index is -3.57. The first-order valence-corrected chi connectivity index (χ1v) is 10.7. The lowest BCUT2D eigenvalue weighted by Crippen LogP contribution is -2.41. The van der Waals surface area contributed by atoms with Gasteiger partial charge in [-0.3, -0.25) is 20.4 Å². The summed E-state index contributed by atoms with van der Waals surface area (Å²) in [5, 5.41) is 0. The van der Waals surface area contributed by atoms with Crippen LogP contribution in [0.25, 0.3) is 11.0 Å². The lowest BCUT2D eigenvalue weighted by Gasteiger charge is -2.11. The Labute approximate surface area is 173 Å². The molecule has 0 aliphatic heterocycles. The zero-order chi connectivity index (χ0) is 21.9. The molecule has 0 aliphatic carbocycles. The van der Waals surface area contributed by atoms with E-state index in [-0.39, 0.29) is 23.0 Å². The summed E-state index contributed by atoms with van der Waals surface area (Å²) < 4.78 is 32.7. The van der Waals surface area contributed by atoms with Gasteiger partial charge >= 0.3 is 5.91 Å². The molecule has 0 fully saturated rings. The maximum atomic E-state index is 12.4. The van der Waals surface area contributed by atoms with E-state index in [1.807, 2.05) is 11.5 Å². The van der Waals surface area contributed by atoms with Crippen molar-refractivity contribution in [2.75, 3.05) is 14.1 Å². The summed E-state index contributed by atoms with van der Waals surface area (Å²) >= 11 is 0. The maximum Gasteiger partial charge on any atom is 0.305 e. The number of carbonyl (C=O) groups is 2. The van der Waals surface area contributed by atoms with Crippen LogP contribution in [0, 0.1) is 0 Å². The van der Waals surface area contributed by atoms with E-state index >= 15 is 0 Å². The Bertz CT molecular complexity index is 1170. The minimum absolute atomic E-state index is 0.0879. The number of benzene rings is 1. The second-order valence-corrected chi connectivity index (χ2v) is 8.84. The van der Waals surface area contributed by atoms with E-state index in [1.165, 1.54) is 32.5 Å². The Morgan fingerprint density at radius 3 is 2.60 bits per heavy atom. The molecule has 160 valence electrons. The zero-order valence-corrected chi connectivity index (χ0v) is 17.7. The number of furan rings is 1. The van der Waals surface area contributed by atoms with E-state index in [0.717, 1.165) is 9.82 Å².